The minimum Gasteiger partial charge on any atom is -0.493 e. The lowest BCUT2D eigenvalue weighted by molar-refractivity contribution is -0.132. The molecule has 0 radical (unpaired) electrons. The largest absolute Gasteiger partial charge is 0.493 e. The average molecular weight is 414 g/mol. The number of ether oxygens (including phenoxy) is 2. The van der Waals surface area contributed by atoms with Crippen LogP contribution in [0.25, 0.3) is 6.08 Å². The molecule has 0 aromatic heterocycles. The predicted octanol–water partition coefficient (Wildman–Crippen LogP) is 3.01. The maximum absolute atomic E-state index is 13.3. The quantitative estimate of drug-likeness (QED) is 0.428. The first kappa shape index (κ1) is 20.5. The van der Waals surface area contributed by atoms with Crippen molar-refractivity contribution in [3.8, 4) is 11.5 Å². The zero-order valence-corrected chi connectivity index (χ0v) is 17.0. The van der Waals surface area contributed by atoms with Crippen molar-refractivity contribution in [3.05, 3.63) is 65.0 Å². The monoisotopic (exact) mass is 414 g/mol. The number of methoxy groups -OCH3 is 1. The second-order valence-electron chi connectivity index (χ2n) is 6.40. The maximum atomic E-state index is 13.3. The molecule has 0 spiro atoms. The molecule has 1 fully saturated rings. The van der Waals surface area contributed by atoms with E-state index in [0.717, 1.165) is 0 Å². The fourth-order valence-corrected chi connectivity index (χ4v) is 2.99. The highest BCUT2D eigenvalue weighted by molar-refractivity contribution is 7.80. The maximum Gasteiger partial charge on any atom is 0.265 e. The lowest BCUT2D eigenvalue weighted by atomic mass is 10.1. The van der Waals surface area contributed by atoms with Gasteiger partial charge in [0.15, 0.2) is 16.6 Å². The summed E-state index contributed by atoms with van der Waals surface area (Å²) in [5.74, 6) is -0.400. The molecule has 0 saturated carbocycles. The van der Waals surface area contributed by atoms with Gasteiger partial charge >= 0.3 is 0 Å². The van der Waals surface area contributed by atoms with Crippen LogP contribution in [-0.2, 0) is 16.2 Å². The second-order valence-corrected chi connectivity index (χ2v) is 6.76. The Hall–Kier alpha value is -3.26. The zero-order valence-electron chi connectivity index (χ0n) is 16.1. The highest BCUT2D eigenvalue weighted by atomic mass is 32.1. The summed E-state index contributed by atoms with van der Waals surface area (Å²) in [7, 11) is 4.52. The van der Waals surface area contributed by atoms with Crippen molar-refractivity contribution in [2.45, 2.75) is 6.61 Å². The Balaban J connectivity index is 1.84. The van der Waals surface area contributed by atoms with Crippen molar-refractivity contribution < 1.29 is 23.5 Å². The number of benzene rings is 2. The van der Waals surface area contributed by atoms with Crippen LogP contribution in [0, 0.1) is 5.82 Å². The van der Waals surface area contributed by atoms with Crippen LogP contribution >= 0.6 is 12.2 Å². The number of rotatable bonds is 5. The van der Waals surface area contributed by atoms with Gasteiger partial charge in [-0.2, -0.15) is 0 Å². The smallest absolute Gasteiger partial charge is 0.265 e. The molecule has 1 saturated heterocycles. The van der Waals surface area contributed by atoms with Crippen LogP contribution in [0.15, 0.2) is 48.0 Å². The Morgan fingerprint density at radius 1 is 1.03 bits per heavy atom. The van der Waals surface area contributed by atoms with E-state index in [1.54, 1.807) is 30.3 Å². The number of hydrogen-bond donors (Lipinski definition) is 0. The Bertz CT molecular complexity index is 995. The SMILES string of the molecule is COc1cc(C=C2C(=O)N(C)C(=S)N(C)C2=O)ccc1OCc1cccc(F)c1. The summed E-state index contributed by atoms with van der Waals surface area (Å²) in [6.45, 7) is 0.165. The summed E-state index contributed by atoms with van der Waals surface area (Å²) >= 11 is 5.08. The summed E-state index contributed by atoms with van der Waals surface area (Å²) in [5.41, 5.74) is 1.27. The van der Waals surface area contributed by atoms with E-state index < -0.39 is 11.8 Å². The number of carbonyl (C=O) groups excluding carboxylic acids is 2. The molecule has 0 aliphatic carbocycles. The Morgan fingerprint density at radius 3 is 2.34 bits per heavy atom. The van der Waals surface area contributed by atoms with Crippen LogP contribution in [0.5, 0.6) is 11.5 Å². The third-order valence-electron chi connectivity index (χ3n) is 4.43. The number of carbonyl (C=O) groups is 2. The fraction of sp³-hybridized carbons (Fsp3) is 0.190. The van der Waals surface area contributed by atoms with E-state index in [1.807, 2.05) is 0 Å². The van der Waals surface area contributed by atoms with Gasteiger partial charge in [-0.05, 0) is 53.7 Å². The van der Waals surface area contributed by atoms with Gasteiger partial charge in [-0.3, -0.25) is 19.4 Å². The number of thiocarbonyl (C=S) groups is 1. The summed E-state index contributed by atoms with van der Waals surface area (Å²) in [6, 6.07) is 11.1. The Labute approximate surface area is 173 Å². The molecule has 2 aromatic rings. The first-order valence-corrected chi connectivity index (χ1v) is 9.09. The molecule has 0 bridgehead atoms. The summed E-state index contributed by atoms with van der Waals surface area (Å²) in [5, 5.41) is 0.149. The lowest BCUT2D eigenvalue weighted by Crippen LogP contribution is -2.52. The topological polar surface area (TPSA) is 59.1 Å². The standard InChI is InChI=1S/C21H19FN2O4S/c1-23-19(25)16(20(26)24(2)21(23)29)10-13-7-8-17(18(11-13)27-3)28-12-14-5-4-6-15(22)9-14/h4-11H,12H2,1-3H3. The van der Waals surface area contributed by atoms with Gasteiger partial charge < -0.3 is 9.47 Å². The molecule has 6 nitrogen and oxygen atoms in total. The highest BCUT2D eigenvalue weighted by Gasteiger charge is 2.35. The van der Waals surface area contributed by atoms with Gasteiger partial charge in [0.05, 0.1) is 7.11 Å². The van der Waals surface area contributed by atoms with Gasteiger partial charge in [-0.15, -0.1) is 0 Å². The van der Waals surface area contributed by atoms with Crippen molar-refractivity contribution >= 4 is 35.2 Å². The van der Waals surface area contributed by atoms with Gasteiger partial charge in [0, 0.05) is 14.1 Å². The van der Waals surface area contributed by atoms with E-state index in [0.29, 0.717) is 22.6 Å². The molecule has 1 aliphatic heterocycles. The molecule has 0 N–H and O–H groups in total. The van der Waals surface area contributed by atoms with Crippen LogP contribution < -0.4 is 9.47 Å². The van der Waals surface area contributed by atoms with E-state index in [-0.39, 0.29) is 23.1 Å². The summed E-state index contributed by atoms with van der Waals surface area (Å²) < 4.78 is 24.4. The number of hydrogen-bond acceptors (Lipinski definition) is 5. The van der Waals surface area contributed by atoms with E-state index in [4.69, 9.17) is 21.7 Å². The molecule has 0 unspecified atom stereocenters. The Kier molecular flexibility index (Phi) is 5.93. The van der Waals surface area contributed by atoms with Gasteiger partial charge in [0.2, 0.25) is 0 Å². The lowest BCUT2D eigenvalue weighted by Gasteiger charge is -2.31. The van der Waals surface area contributed by atoms with Crippen molar-refractivity contribution in [2.24, 2.45) is 0 Å². The van der Waals surface area contributed by atoms with Crippen LogP contribution in [0.4, 0.5) is 4.39 Å². The number of nitrogens with zero attached hydrogens (tertiary/aromatic N) is 2. The van der Waals surface area contributed by atoms with E-state index >= 15 is 0 Å². The van der Waals surface area contributed by atoms with Crippen LogP contribution in [0.3, 0.4) is 0 Å². The van der Waals surface area contributed by atoms with Gasteiger partial charge in [-0.25, -0.2) is 4.39 Å². The van der Waals surface area contributed by atoms with Crippen molar-refractivity contribution in [1.29, 1.82) is 0 Å². The third-order valence-corrected chi connectivity index (χ3v) is 4.97. The van der Waals surface area contributed by atoms with E-state index in [1.165, 1.54) is 49.2 Å². The molecule has 150 valence electrons. The minimum absolute atomic E-state index is 0.000850. The molecule has 1 aliphatic rings. The predicted molar refractivity (Wildman–Crippen MR) is 110 cm³/mol. The van der Waals surface area contributed by atoms with Gasteiger partial charge in [0.25, 0.3) is 11.8 Å². The van der Waals surface area contributed by atoms with Crippen LogP contribution in [0.2, 0.25) is 0 Å². The molecular formula is C21H19FN2O4S. The van der Waals surface area contributed by atoms with E-state index in [9.17, 15) is 14.0 Å². The summed E-state index contributed by atoms with van der Waals surface area (Å²) in [4.78, 5) is 27.4. The number of amides is 2. The van der Waals surface area contributed by atoms with E-state index in [2.05, 4.69) is 0 Å². The van der Waals surface area contributed by atoms with Crippen LogP contribution in [0.1, 0.15) is 11.1 Å². The van der Waals surface area contributed by atoms with Gasteiger partial charge in [0.1, 0.15) is 18.0 Å². The van der Waals surface area contributed by atoms with Crippen molar-refractivity contribution in [1.82, 2.24) is 9.80 Å². The van der Waals surface area contributed by atoms with Crippen LogP contribution in [-0.4, -0.2) is 47.9 Å². The average Bonchev–Trinajstić information content (AvgIpc) is 2.72. The fourth-order valence-electron chi connectivity index (χ4n) is 2.82. The zero-order chi connectivity index (χ0) is 21.1. The third kappa shape index (κ3) is 4.27. The molecule has 3 rings (SSSR count). The highest BCUT2D eigenvalue weighted by Crippen LogP contribution is 2.30. The first-order chi connectivity index (χ1) is 13.8. The van der Waals surface area contributed by atoms with Crippen molar-refractivity contribution in [2.75, 3.05) is 21.2 Å². The summed E-state index contributed by atoms with van der Waals surface area (Å²) in [6.07, 6.45) is 1.48. The molecule has 2 amide bonds. The van der Waals surface area contributed by atoms with Crippen molar-refractivity contribution in [3.63, 3.8) is 0 Å². The molecule has 0 atom stereocenters. The molecular weight excluding hydrogens is 395 g/mol. The first-order valence-electron chi connectivity index (χ1n) is 8.69. The molecule has 29 heavy (non-hydrogen) atoms. The second kappa shape index (κ2) is 8.40. The Morgan fingerprint density at radius 2 is 1.72 bits per heavy atom. The molecule has 8 heteroatoms. The number of likely N-dealkylation sites (N-methyl/N-ethyl adjacent to an activating group) is 2. The molecule has 1 heterocycles. The minimum atomic E-state index is -0.469. The van der Waals surface area contributed by atoms with Gasteiger partial charge in [-0.1, -0.05) is 18.2 Å². The molecule has 2 aromatic carbocycles. The normalized spacial score (nSPS) is 14.3. The number of halogens is 1.